The molecule has 0 aliphatic heterocycles. The minimum Gasteiger partial charge on any atom is -0.461 e. The van der Waals surface area contributed by atoms with Crippen molar-refractivity contribution in [2.45, 2.75) is 13.0 Å². The van der Waals surface area contributed by atoms with Crippen LogP contribution in [0.4, 0.5) is 0 Å². The van der Waals surface area contributed by atoms with Crippen LogP contribution in [0.1, 0.15) is 17.5 Å². The standard InChI is InChI=1S/C12H18NO4/c1-9(14)17-11(8-13(2,3)4)12(15)10-6-5-7-16-10/h5-7,11H,8H2,1-4H3/q+1. The normalized spacial score (nSPS) is 13.2. The molecule has 1 unspecified atom stereocenters. The van der Waals surface area contributed by atoms with Crippen LogP contribution in [-0.2, 0) is 9.53 Å². The number of Topliss-reactive ketones (excluding diaryl/α,β-unsaturated/α-hetero) is 1. The Morgan fingerprint density at radius 3 is 2.47 bits per heavy atom. The van der Waals surface area contributed by atoms with Gasteiger partial charge in [-0.15, -0.1) is 0 Å². The molecule has 0 saturated carbocycles. The van der Waals surface area contributed by atoms with Crippen LogP contribution in [-0.4, -0.2) is 50.0 Å². The van der Waals surface area contributed by atoms with Gasteiger partial charge in [-0.1, -0.05) is 0 Å². The topological polar surface area (TPSA) is 56.5 Å². The highest BCUT2D eigenvalue weighted by Gasteiger charge is 2.30. The summed E-state index contributed by atoms with van der Waals surface area (Å²) in [6, 6.07) is 3.19. The summed E-state index contributed by atoms with van der Waals surface area (Å²) >= 11 is 0. The molecule has 1 aromatic heterocycles. The average Bonchev–Trinajstić information content (AvgIpc) is 2.65. The molecule has 1 heterocycles. The molecule has 94 valence electrons. The molecule has 0 spiro atoms. The number of hydrogen-bond acceptors (Lipinski definition) is 4. The second kappa shape index (κ2) is 5.14. The van der Waals surface area contributed by atoms with Crippen LogP contribution in [0.25, 0.3) is 0 Å². The number of likely N-dealkylation sites (N-methyl/N-ethyl adjacent to an activating group) is 1. The van der Waals surface area contributed by atoms with Crippen LogP contribution in [0, 0.1) is 0 Å². The van der Waals surface area contributed by atoms with E-state index < -0.39 is 12.1 Å². The Balaban J connectivity index is 2.83. The van der Waals surface area contributed by atoms with Gasteiger partial charge in [0.15, 0.2) is 5.76 Å². The van der Waals surface area contributed by atoms with Crippen LogP contribution in [0.2, 0.25) is 0 Å². The molecule has 0 bridgehead atoms. The first-order chi connectivity index (χ1) is 7.79. The Labute approximate surface area is 101 Å². The molecule has 17 heavy (non-hydrogen) atoms. The van der Waals surface area contributed by atoms with Gasteiger partial charge in [0, 0.05) is 6.92 Å². The zero-order chi connectivity index (χ0) is 13.1. The second-order valence-corrected chi connectivity index (χ2v) is 4.91. The number of quaternary nitrogens is 1. The van der Waals surface area contributed by atoms with Crippen molar-refractivity contribution in [1.82, 2.24) is 0 Å². The lowest BCUT2D eigenvalue weighted by Gasteiger charge is -2.27. The lowest BCUT2D eigenvalue weighted by Crippen LogP contribution is -2.46. The van der Waals surface area contributed by atoms with Crippen molar-refractivity contribution in [1.29, 1.82) is 0 Å². The van der Waals surface area contributed by atoms with E-state index in [1.165, 1.54) is 13.2 Å². The van der Waals surface area contributed by atoms with Gasteiger partial charge >= 0.3 is 5.97 Å². The van der Waals surface area contributed by atoms with Crippen LogP contribution in [0.5, 0.6) is 0 Å². The summed E-state index contributed by atoms with van der Waals surface area (Å²) in [5, 5.41) is 0. The van der Waals surface area contributed by atoms with Gasteiger partial charge in [-0.05, 0) is 12.1 Å². The largest absolute Gasteiger partial charge is 0.461 e. The minimum absolute atomic E-state index is 0.213. The van der Waals surface area contributed by atoms with Crippen LogP contribution < -0.4 is 0 Å². The lowest BCUT2D eigenvalue weighted by molar-refractivity contribution is -0.872. The highest BCUT2D eigenvalue weighted by Crippen LogP contribution is 2.10. The molecule has 5 nitrogen and oxygen atoms in total. The Morgan fingerprint density at radius 2 is 2.06 bits per heavy atom. The van der Waals surface area contributed by atoms with Crippen LogP contribution in [0.15, 0.2) is 22.8 Å². The third-order valence-corrected chi connectivity index (χ3v) is 2.08. The fraction of sp³-hybridized carbons (Fsp3) is 0.500. The van der Waals surface area contributed by atoms with Crippen molar-refractivity contribution in [3.05, 3.63) is 24.2 Å². The van der Waals surface area contributed by atoms with Gasteiger partial charge in [-0.3, -0.25) is 9.59 Å². The van der Waals surface area contributed by atoms with Crippen molar-refractivity contribution < 1.29 is 23.2 Å². The van der Waals surface area contributed by atoms with Crippen LogP contribution in [0.3, 0.4) is 0 Å². The minimum atomic E-state index is -0.807. The molecular weight excluding hydrogens is 222 g/mol. The fourth-order valence-corrected chi connectivity index (χ4v) is 1.45. The van der Waals surface area contributed by atoms with Gasteiger partial charge in [0.05, 0.1) is 27.4 Å². The van der Waals surface area contributed by atoms with Gasteiger partial charge in [0.2, 0.25) is 11.9 Å². The molecule has 0 fully saturated rings. The van der Waals surface area contributed by atoms with Crippen molar-refractivity contribution in [3.63, 3.8) is 0 Å². The summed E-state index contributed by atoms with van der Waals surface area (Å²) < 4.78 is 10.6. The van der Waals surface area contributed by atoms with Gasteiger partial charge < -0.3 is 13.6 Å². The van der Waals surface area contributed by atoms with E-state index in [2.05, 4.69) is 0 Å². The van der Waals surface area contributed by atoms with Crippen molar-refractivity contribution in [2.24, 2.45) is 0 Å². The molecule has 0 aliphatic rings. The maximum absolute atomic E-state index is 12.0. The zero-order valence-electron chi connectivity index (χ0n) is 10.6. The summed E-state index contributed by atoms with van der Waals surface area (Å²) in [6.07, 6.45) is 0.614. The van der Waals surface area contributed by atoms with Crippen molar-refractivity contribution >= 4 is 11.8 Å². The number of nitrogens with zero attached hydrogens (tertiary/aromatic N) is 1. The molecular formula is C12H18NO4+. The Bertz CT molecular complexity index is 389. The Hall–Kier alpha value is -1.62. The maximum Gasteiger partial charge on any atom is 0.303 e. The van der Waals surface area contributed by atoms with Gasteiger partial charge in [-0.25, -0.2) is 0 Å². The van der Waals surface area contributed by atoms with E-state index in [4.69, 9.17) is 9.15 Å². The number of ether oxygens (including phenoxy) is 1. The quantitative estimate of drug-likeness (QED) is 0.439. The van der Waals surface area contributed by atoms with E-state index in [1.54, 1.807) is 12.1 Å². The molecule has 0 radical (unpaired) electrons. The van der Waals surface area contributed by atoms with Crippen molar-refractivity contribution in [3.8, 4) is 0 Å². The molecule has 5 heteroatoms. The third-order valence-electron chi connectivity index (χ3n) is 2.08. The predicted octanol–water partition coefficient (Wildman–Crippen LogP) is 1.10. The molecule has 0 saturated heterocycles. The lowest BCUT2D eigenvalue weighted by atomic mass is 10.1. The number of ketones is 1. The predicted molar refractivity (Wildman–Crippen MR) is 61.5 cm³/mol. The van der Waals surface area contributed by atoms with Crippen LogP contribution >= 0.6 is 0 Å². The van der Waals surface area contributed by atoms with E-state index in [9.17, 15) is 9.59 Å². The highest BCUT2D eigenvalue weighted by atomic mass is 16.5. The molecule has 0 N–H and O–H groups in total. The first kappa shape index (κ1) is 13.4. The summed E-state index contributed by atoms with van der Waals surface area (Å²) in [6.45, 7) is 1.69. The summed E-state index contributed by atoms with van der Waals surface area (Å²) in [5.41, 5.74) is 0. The summed E-state index contributed by atoms with van der Waals surface area (Å²) in [7, 11) is 5.77. The number of hydrogen-bond donors (Lipinski definition) is 0. The van der Waals surface area contributed by atoms with Crippen molar-refractivity contribution in [2.75, 3.05) is 27.7 Å². The number of carbonyl (C=O) groups excluding carboxylic acids is 2. The molecule has 1 aromatic rings. The van der Waals surface area contributed by atoms with E-state index in [-0.39, 0.29) is 11.5 Å². The number of esters is 1. The number of carbonyl (C=O) groups is 2. The number of rotatable bonds is 5. The molecule has 0 amide bonds. The molecule has 0 aliphatic carbocycles. The van der Waals surface area contributed by atoms with E-state index in [0.717, 1.165) is 0 Å². The first-order valence-electron chi connectivity index (χ1n) is 5.35. The third kappa shape index (κ3) is 4.40. The SMILES string of the molecule is CC(=O)OC(C[N+](C)(C)C)C(=O)c1ccco1. The fourth-order valence-electron chi connectivity index (χ4n) is 1.45. The summed E-state index contributed by atoms with van der Waals surface area (Å²) in [5.74, 6) is -0.564. The Morgan fingerprint density at radius 1 is 1.41 bits per heavy atom. The maximum atomic E-state index is 12.0. The average molecular weight is 240 g/mol. The van der Waals surface area contributed by atoms with E-state index in [1.807, 2.05) is 21.1 Å². The smallest absolute Gasteiger partial charge is 0.303 e. The van der Waals surface area contributed by atoms with Gasteiger partial charge in [0.25, 0.3) is 0 Å². The first-order valence-corrected chi connectivity index (χ1v) is 5.35. The van der Waals surface area contributed by atoms with Gasteiger partial charge in [0.1, 0.15) is 6.54 Å². The van der Waals surface area contributed by atoms with E-state index >= 15 is 0 Å². The monoisotopic (exact) mass is 240 g/mol. The Kier molecular flexibility index (Phi) is 4.07. The number of furan rings is 1. The summed E-state index contributed by atoms with van der Waals surface area (Å²) in [4.78, 5) is 23.0. The second-order valence-electron chi connectivity index (χ2n) is 4.91. The highest BCUT2D eigenvalue weighted by molar-refractivity contribution is 5.98. The molecule has 0 aromatic carbocycles. The zero-order valence-corrected chi connectivity index (χ0v) is 10.6. The molecule has 1 atom stereocenters. The van der Waals surface area contributed by atoms with E-state index in [0.29, 0.717) is 11.0 Å². The van der Waals surface area contributed by atoms with Gasteiger partial charge in [-0.2, -0.15) is 0 Å². The molecule has 1 rings (SSSR count).